The summed E-state index contributed by atoms with van der Waals surface area (Å²) in [4.78, 5) is 12.5. The standard InChI is InChI=1S/C18H14ClNOS/c19-18(14-7-3-1-4-8-14,15-9-5-2-6-10-15)17(21)16-13-20-11-12-22-16/h1-13,20H. The molecule has 0 amide bonds. The highest BCUT2D eigenvalue weighted by Gasteiger charge is 2.41. The fourth-order valence-corrected chi connectivity index (χ4v) is 3.46. The van der Waals surface area contributed by atoms with E-state index in [1.807, 2.05) is 66.1 Å². The van der Waals surface area contributed by atoms with Crippen molar-refractivity contribution in [3.05, 3.63) is 94.5 Å². The second-order valence-corrected chi connectivity index (χ2v) is 6.33. The Bertz CT molecular complexity index is 686. The number of benzene rings is 2. The van der Waals surface area contributed by atoms with Crippen molar-refractivity contribution in [2.45, 2.75) is 4.87 Å². The molecule has 0 saturated carbocycles. The topological polar surface area (TPSA) is 29.1 Å². The zero-order valence-electron chi connectivity index (χ0n) is 11.7. The fourth-order valence-electron chi connectivity index (χ4n) is 2.36. The summed E-state index contributed by atoms with van der Waals surface area (Å²) in [7, 11) is 0. The molecule has 1 N–H and O–H groups in total. The second-order valence-electron chi connectivity index (χ2n) is 4.82. The van der Waals surface area contributed by atoms with E-state index in [-0.39, 0.29) is 5.78 Å². The Morgan fingerprint density at radius 1 is 0.955 bits per heavy atom. The van der Waals surface area contributed by atoms with Gasteiger partial charge < -0.3 is 5.32 Å². The minimum Gasteiger partial charge on any atom is -0.366 e. The van der Waals surface area contributed by atoms with Gasteiger partial charge in [0.15, 0.2) is 4.87 Å². The molecule has 0 atom stereocenters. The molecule has 110 valence electrons. The Labute approximate surface area is 138 Å². The van der Waals surface area contributed by atoms with Crippen LogP contribution in [-0.4, -0.2) is 5.78 Å². The molecule has 0 aromatic heterocycles. The lowest BCUT2D eigenvalue weighted by atomic mass is 9.86. The van der Waals surface area contributed by atoms with E-state index in [1.165, 1.54) is 11.8 Å². The van der Waals surface area contributed by atoms with E-state index >= 15 is 0 Å². The van der Waals surface area contributed by atoms with Crippen molar-refractivity contribution in [2.24, 2.45) is 0 Å². The number of halogens is 1. The summed E-state index contributed by atoms with van der Waals surface area (Å²) in [5.74, 6) is -0.131. The van der Waals surface area contributed by atoms with Crippen LogP contribution in [0.3, 0.4) is 0 Å². The number of ketones is 1. The minimum absolute atomic E-state index is 0.131. The van der Waals surface area contributed by atoms with Crippen molar-refractivity contribution in [3.63, 3.8) is 0 Å². The van der Waals surface area contributed by atoms with E-state index in [0.29, 0.717) is 4.91 Å². The van der Waals surface area contributed by atoms with E-state index in [9.17, 15) is 4.79 Å². The first-order chi connectivity index (χ1) is 10.7. The van der Waals surface area contributed by atoms with Crippen LogP contribution in [0.1, 0.15) is 11.1 Å². The lowest BCUT2D eigenvalue weighted by molar-refractivity contribution is -0.116. The average Bonchev–Trinajstić information content (AvgIpc) is 2.62. The van der Waals surface area contributed by atoms with Crippen LogP contribution in [0.2, 0.25) is 0 Å². The number of carbonyl (C=O) groups excluding carboxylic acids is 1. The van der Waals surface area contributed by atoms with Gasteiger partial charge in [-0.2, -0.15) is 0 Å². The van der Waals surface area contributed by atoms with E-state index in [1.54, 1.807) is 12.4 Å². The van der Waals surface area contributed by atoms with Gasteiger partial charge in [0.25, 0.3) is 0 Å². The molecule has 2 aromatic carbocycles. The third kappa shape index (κ3) is 2.70. The molecular formula is C18H14ClNOS. The minimum atomic E-state index is -1.23. The Kier molecular flexibility index (Phi) is 4.36. The zero-order valence-corrected chi connectivity index (χ0v) is 13.3. The molecule has 4 heteroatoms. The van der Waals surface area contributed by atoms with Crippen molar-refractivity contribution in [3.8, 4) is 0 Å². The molecule has 0 radical (unpaired) electrons. The number of Topliss-reactive ketones (excluding diaryl/α,β-unsaturated/α-hetero) is 1. The highest BCUT2D eigenvalue weighted by molar-refractivity contribution is 8.06. The van der Waals surface area contributed by atoms with Crippen LogP contribution in [-0.2, 0) is 9.67 Å². The normalized spacial score (nSPS) is 14.1. The maximum atomic E-state index is 13.1. The number of rotatable bonds is 4. The third-order valence-corrected chi connectivity index (χ3v) is 4.89. The molecule has 1 aliphatic rings. The number of nitrogens with one attached hydrogen (secondary N) is 1. The largest absolute Gasteiger partial charge is 0.366 e. The van der Waals surface area contributed by atoms with E-state index in [2.05, 4.69) is 5.32 Å². The van der Waals surface area contributed by atoms with E-state index in [0.717, 1.165) is 11.1 Å². The summed E-state index contributed by atoms with van der Waals surface area (Å²) in [5, 5.41) is 4.78. The number of thioether (sulfide) groups is 1. The van der Waals surface area contributed by atoms with Crippen molar-refractivity contribution < 1.29 is 4.79 Å². The molecule has 0 fully saturated rings. The third-order valence-electron chi connectivity index (χ3n) is 3.45. The lowest BCUT2D eigenvalue weighted by Crippen LogP contribution is -2.32. The average molecular weight is 328 g/mol. The zero-order chi connectivity index (χ0) is 15.4. The van der Waals surface area contributed by atoms with Crippen LogP contribution in [0.4, 0.5) is 0 Å². The Morgan fingerprint density at radius 3 is 1.95 bits per heavy atom. The SMILES string of the molecule is O=C(C1=CNC=CS1)C(Cl)(c1ccccc1)c1ccccc1. The van der Waals surface area contributed by atoms with Gasteiger partial charge in [-0.05, 0) is 16.5 Å². The predicted octanol–water partition coefficient (Wildman–Crippen LogP) is 4.39. The first-order valence-corrected chi connectivity index (χ1v) is 8.11. The molecule has 0 bridgehead atoms. The molecule has 3 rings (SSSR count). The quantitative estimate of drug-likeness (QED) is 0.845. The molecule has 1 aliphatic heterocycles. The summed E-state index contributed by atoms with van der Waals surface area (Å²) in [6, 6.07) is 18.9. The molecule has 2 nitrogen and oxygen atoms in total. The first-order valence-electron chi connectivity index (χ1n) is 6.85. The molecule has 0 spiro atoms. The van der Waals surface area contributed by atoms with E-state index in [4.69, 9.17) is 11.6 Å². The first kappa shape index (κ1) is 14.9. The maximum Gasteiger partial charge on any atom is 0.200 e. The van der Waals surface area contributed by atoms with Gasteiger partial charge in [-0.15, -0.1) is 0 Å². The molecule has 0 unspecified atom stereocenters. The van der Waals surface area contributed by atoms with Gasteiger partial charge in [0.1, 0.15) is 0 Å². The fraction of sp³-hybridized carbons (Fsp3) is 0.0556. The molecular weight excluding hydrogens is 314 g/mol. The van der Waals surface area contributed by atoms with Gasteiger partial charge in [-0.1, -0.05) is 84.0 Å². The van der Waals surface area contributed by atoms with Crippen LogP contribution in [0, 0.1) is 0 Å². The van der Waals surface area contributed by atoms with Crippen molar-refractivity contribution in [2.75, 3.05) is 0 Å². The number of allylic oxidation sites excluding steroid dienone is 1. The Morgan fingerprint density at radius 2 is 1.50 bits per heavy atom. The molecule has 22 heavy (non-hydrogen) atoms. The second kappa shape index (κ2) is 6.42. The molecule has 1 heterocycles. The van der Waals surface area contributed by atoms with Gasteiger partial charge in [0, 0.05) is 12.4 Å². The van der Waals surface area contributed by atoms with Crippen LogP contribution >= 0.6 is 23.4 Å². The van der Waals surface area contributed by atoms with Crippen molar-refractivity contribution in [1.29, 1.82) is 0 Å². The summed E-state index contributed by atoms with van der Waals surface area (Å²) in [6.07, 6.45) is 3.47. The van der Waals surface area contributed by atoms with Crippen LogP contribution in [0.15, 0.2) is 83.4 Å². The molecule has 0 aliphatic carbocycles. The number of hydrogen-bond acceptors (Lipinski definition) is 3. The smallest absolute Gasteiger partial charge is 0.200 e. The van der Waals surface area contributed by atoms with Crippen LogP contribution < -0.4 is 5.32 Å². The van der Waals surface area contributed by atoms with Gasteiger partial charge in [-0.25, -0.2) is 0 Å². The van der Waals surface area contributed by atoms with Gasteiger partial charge in [0.2, 0.25) is 5.78 Å². The monoisotopic (exact) mass is 327 g/mol. The summed E-state index contributed by atoms with van der Waals surface area (Å²) in [5.41, 5.74) is 1.54. The van der Waals surface area contributed by atoms with Crippen LogP contribution in [0.25, 0.3) is 0 Å². The summed E-state index contributed by atoms with van der Waals surface area (Å²) < 4.78 is 0. The lowest BCUT2D eigenvalue weighted by Gasteiger charge is -2.28. The van der Waals surface area contributed by atoms with E-state index < -0.39 is 4.87 Å². The maximum absolute atomic E-state index is 13.1. The van der Waals surface area contributed by atoms with Gasteiger partial charge in [0.05, 0.1) is 4.91 Å². The highest BCUT2D eigenvalue weighted by Crippen LogP contribution is 2.41. The van der Waals surface area contributed by atoms with Crippen LogP contribution in [0.5, 0.6) is 0 Å². The Hall–Kier alpha value is -1.97. The highest BCUT2D eigenvalue weighted by atomic mass is 35.5. The number of hydrogen-bond donors (Lipinski definition) is 1. The molecule has 0 saturated heterocycles. The Balaban J connectivity index is 2.11. The van der Waals surface area contributed by atoms with Crippen molar-refractivity contribution in [1.82, 2.24) is 5.32 Å². The predicted molar refractivity (Wildman–Crippen MR) is 92.5 cm³/mol. The number of carbonyl (C=O) groups is 1. The van der Waals surface area contributed by atoms with Crippen molar-refractivity contribution >= 4 is 29.1 Å². The summed E-state index contributed by atoms with van der Waals surface area (Å²) >= 11 is 8.29. The molecule has 2 aromatic rings. The summed E-state index contributed by atoms with van der Waals surface area (Å²) in [6.45, 7) is 0. The number of alkyl halides is 1. The van der Waals surface area contributed by atoms with Gasteiger partial charge >= 0.3 is 0 Å². The van der Waals surface area contributed by atoms with Gasteiger partial charge in [-0.3, -0.25) is 4.79 Å².